The lowest BCUT2D eigenvalue weighted by atomic mass is 9.71. The van der Waals surface area contributed by atoms with Gasteiger partial charge in [-0.3, -0.25) is 24.1 Å². The highest BCUT2D eigenvalue weighted by molar-refractivity contribution is 7.85. The number of phenolic OH excluding ortho intramolecular Hbond substituents is 2. The van der Waals surface area contributed by atoms with Gasteiger partial charge in [-0.1, -0.05) is 6.07 Å². The molecule has 0 amide bonds. The van der Waals surface area contributed by atoms with Gasteiger partial charge in [-0.25, -0.2) is 4.79 Å². The normalized spacial score (nSPS) is 29.9. The first-order valence-electron chi connectivity index (χ1n) is 18.5. The number of hydrogen-bond acceptors (Lipinski definition) is 15. The number of methoxy groups -OCH3 is 2. The highest BCUT2D eigenvalue weighted by Gasteiger charge is 2.63. The Morgan fingerprint density at radius 3 is 2.54 bits per heavy atom. The number of aromatic hydroxyl groups is 2. The van der Waals surface area contributed by atoms with E-state index in [0.29, 0.717) is 70.0 Å². The minimum absolute atomic E-state index is 0.0492. The number of carbonyl (C=O) groups excluding carboxylic acids is 2. The van der Waals surface area contributed by atoms with Crippen LogP contribution >= 0.6 is 0 Å². The zero-order valence-corrected chi connectivity index (χ0v) is 32.6. The molecule has 0 aromatic heterocycles. The van der Waals surface area contributed by atoms with E-state index in [1.807, 2.05) is 24.9 Å². The van der Waals surface area contributed by atoms with Gasteiger partial charge in [-0.05, 0) is 68.1 Å². The Bertz CT molecular complexity index is 2310. The maximum absolute atomic E-state index is 16.0. The summed E-state index contributed by atoms with van der Waals surface area (Å²) in [6.07, 6.45) is 0.882. The Morgan fingerprint density at radius 2 is 1.82 bits per heavy atom. The van der Waals surface area contributed by atoms with Crippen LogP contribution in [0.4, 0.5) is 0 Å². The molecule has 2 fully saturated rings. The quantitative estimate of drug-likeness (QED) is 0.259. The highest BCUT2D eigenvalue weighted by atomic mass is 32.2. The molecule has 0 saturated carbocycles. The molecule has 16 heteroatoms. The first-order chi connectivity index (χ1) is 26.9. The minimum Gasteiger partial charge on any atom is -0.504 e. The summed E-state index contributed by atoms with van der Waals surface area (Å²) in [6.45, 7) is 4.79. The lowest BCUT2D eigenvalue weighted by molar-refractivity contribution is -0.157. The van der Waals surface area contributed by atoms with Crippen LogP contribution in [0.5, 0.6) is 40.2 Å². The van der Waals surface area contributed by atoms with Crippen LogP contribution in [0.15, 0.2) is 18.2 Å². The highest BCUT2D eigenvalue weighted by Crippen LogP contribution is 2.63. The molecule has 1 spiro atoms. The molecule has 3 aromatic rings. The first-order valence-corrected chi connectivity index (χ1v) is 19.9. The number of carbonyl (C=O) groups is 2. The molecular formula is C40H42N4O11S. The summed E-state index contributed by atoms with van der Waals surface area (Å²) in [5.41, 5.74) is 2.99. The molecule has 3 aromatic carbocycles. The number of nitriles is 1. The number of nitrogens with zero attached hydrogens (tertiary/aromatic N) is 3. The van der Waals surface area contributed by atoms with Gasteiger partial charge in [0.1, 0.15) is 18.4 Å². The Labute approximate surface area is 325 Å². The van der Waals surface area contributed by atoms with Crippen molar-refractivity contribution in [2.45, 2.75) is 74.6 Å². The number of esters is 2. The lowest BCUT2D eigenvalue weighted by Crippen LogP contribution is -2.70. The average Bonchev–Trinajstić information content (AvgIpc) is 3.65. The second-order valence-corrected chi connectivity index (χ2v) is 16.9. The van der Waals surface area contributed by atoms with Crippen molar-refractivity contribution in [1.82, 2.24) is 15.1 Å². The van der Waals surface area contributed by atoms with Gasteiger partial charge >= 0.3 is 11.9 Å². The van der Waals surface area contributed by atoms with Crippen molar-refractivity contribution in [3.05, 3.63) is 62.7 Å². The molecule has 294 valence electrons. The summed E-state index contributed by atoms with van der Waals surface area (Å²) < 4.78 is 51.8. The molecule has 15 nitrogen and oxygen atoms in total. The van der Waals surface area contributed by atoms with Crippen LogP contribution in [0.3, 0.4) is 0 Å². The van der Waals surface area contributed by atoms with Crippen molar-refractivity contribution < 1.29 is 52.4 Å². The fraction of sp³-hybridized carbons (Fsp3) is 0.475. The summed E-state index contributed by atoms with van der Waals surface area (Å²) in [5.74, 6) is -0.469. The standard InChI is InChI=1S/C40H42N4O11S/c1-17-9-21-10-23-24(13-41)44-25-14-52-39(48)40(22-12-27(50-5)26(46)11-20(22)7-8-42-40)15-56(49)38(32(44)31(43(23)4)28(21)33(47)34(17)51-6)30-29(25)37-36(53-16-54-37)18(2)35(30)55-19(3)45/h9,11-12,23-25,31-32,38,42,46-47H,7-8,10,14-16H2,1-6H3/t23-,24-,25-,31+,32+,38+,40+,56?/m0/s1. The van der Waals surface area contributed by atoms with Crippen LogP contribution in [0.1, 0.15) is 68.8 Å². The third kappa shape index (κ3) is 4.87. The van der Waals surface area contributed by atoms with Gasteiger partial charge in [0.2, 0.25) is 6.79 Å². The predicted octanol–water partition coefficient (Wildman–Crippen LogP) is 3.00. The van der Waals surface area contributed by atoms with E-state index < -0.39 is 57.7 Å². The molecular weight excluding hydrogens is 745 g/mol. The van der Waals surface area contributed by atoms with Crippen molar-refractivity contribution >= 4 is 22.7 Å². The van der Waals surface area contributed by atoms with Crippen LogP contribution in [0.25, 0.3) is 0 Å². The van der Waals surface area contributed by atoms with E-state index in [1.165, 1.54) is 21.1 Å². The largest absolute Gasteiger partial charge is 0.504 e. The zero-order valence-electron chi connectivity index (χ0n) is 31.8. The van der Waals surface area contributed by atoms with Gasteiger partial charge < -0.3 is 38.6 Å². The van der Waals surface area contributed by atoms with Crippen LogP contribution in [0.2, 0.25) is 0 Å². The van der Waals surface area contributed by atoms with Gasteiger partial charge in [0, 0.05) is 52.6 Å². The molecule has 8 atom stereocenters. The van der Waals surface area contributed by atoms with Gasteiger partial charge in [0.25, 0.3) is 0 Å². The van der Waals surface area contributed by atoms with Crippen molar-refractivity contribution in [1.29, 1.82) is 5.26 Å². The Hall–Kier alpha value is -5.08. The van der Waals surface area contributed by atoms with Crippen molar-refractivity contribution in [3.63, 3.8) is 0 Å². The molecule has 0 radical (unpaired) electrons. The predicted molar refractivity (Wildman–Crippen MR) is 199 cm³/mol. The summed E-state index contributed by atoms with van der Waals surface area (Å²) in [4.78, 5) is 31.8. The summed E-state index contributed by atoms with van der Waals surface area (Å²) in [6, 6.07) is 4.10. The molecule has 56 heavy (non-hydrogen) atoms. The first kappa shape index (κ1) is 36.6. The van der Waals surface area contributed by atoms with Crippen molar-refractivity contribution in [2.24, 2.45) is 0 Å². The van der Waals surface area contributed by atoms with Gasteiger partial charge in [-0.15, -0.1) is 0 Å². The van der Waals surface area contributed by atoms with E-state index in [4.69, 9.17) is 28.4 Å². The number of rotatable bonds is 3. The fourth-order valence-corrected chi connectivity index (χ4v) is 12.5. The second kappa shape index (κ2) is 13.0. The van der Waals surface area contributed by atoms with Crippen molar-refractivity contribution in [3.8, 4) is 46.3 Å². The van der Waals surface area contributed by atoms with E-state index >= 15 is 4.21 Å². The molecule has 7 aliphatic heterocycles. The average molecular weight is 787 g/mol. The number of nitrogens with one attached hydrogen (secondary N) is 1. The SMILES string of the molecule is COc1cc2c(cc1O)CCN[C@]21CS(=O)[C@@H]2c3c(OC(C)=O)c(C)c4c(c3[C@H](COC1=O)N1[C@@H]2[C@H]2c3c(cc(C)c(OC)c3O)C[C@@H]([C@@H]1C#N)N2C)OCO4. The minimum atomic E-state index is -2.06. The molecule has 7 aliphatic rings. The Balaban J connectivity index is 1.36. The zero-order chi connectivity index (χ0) is 39.5. The summed E-state index contributed by atoms with van der Waals surface area (Å²) in [7, 11) is 2.75. The van der Waals surface area contributed by atoms with Crippen LogP contribution in [0, 0.1) is 25.2 Å². The number of phenols is 2. The number of aryl methyl sites for hydroxylation is 1. The molecule has 7 heterocycles. The maximum atomic E-state index is 16.0. The van der Waals surface area contributed by atoms with E-state index in [9.17, 15) is 25.1 Å². The van der Waals surface area contributed by atoms with E-state index in [0.717, 1.165) is 11.1 Å². The van der Waals surface area contributed by atoms with E-state index in [2.05, 4.69) is 16.3 Å². The molecule has 10 rings (SSSR count). The van der Waals surface area contributed by atoms with Crippen LogP contribution in [-0.4, -0.2) is 101 Å². The monoisotopic (exact) mass is 786 g/mol. The van der Waals surface area contributed by atoms with Gasteiger partial charge in [0.15, 0.2) is 40.0 Å². The molecule has 3 N–H and O–H groups in total. The summed E-state index contributed by atoms with van der Waals surface area (Å²) in [5, 5.41) is 36.2. The van der Waals surface area contributed by atoms with Gasteiger partial charge in [0.05, 0.1) is 49.4 Å². The molecule has 1 unspecified atom stereocenters. The number of piperazine rings is 1. The third-order valence-electron chi connectivity index (χ3n) is 12.6. The number of ether oxygens (including phenoxy) is 6. The lowest BCUT2D eigenvalue weighted by Gasteiger charge is -2.61. The van der Waals surface area contributed by atoms with Crippen LogP contribution < -0.4 is 29.0 Å². The number of likely N-dealkylation sites (N-methyl/N-ethyl adjacent to an activating group) is 1. The van der Waals surface area contributed by atoms with Crippen molar-refractivity contribution in [2.75, 3.05) is 47.0 Å². The third-order valence-corrected chi connectivity index (χ3v) is 14.4. The number of fused-ring (bicyclic) bond motifs is 9. The molecule has 0 aliphatic carbocycles. The smallest absolute Gasteiger partial charge is 0.332 e. The second-order valence-electron chi connectivity index (χ2n) is 15.3. The molecule has 2 saturated heterocycles. The Morgan fingerprint density at radius 1 is 1.05 bits per heavy atom. The molecule has 4 bridgehead atoms. The summed E-state index contributed by atoms with van der Waals surface area (Å²) >= 11 is 0. The number of hydrogen-bond donors (Lipinski definition) is 3. The van der Waals surface area contributed by atoms with E-state index in [-0.39, 0.29) is 48.2 Å². The van der Waals surface area contributed by atoms with Crippen LogP contribution in [-0.2, 0) is 43.5 Å². The topological polar surface area (TPSA) is 189 Å². The fourth-order valence-electron chi connectivity index (χ4n) is 10.4. The maximum Gasteiger partial charge on any atom is 0.332 e. The van der Waals surface area contributed by atoms with E-state index in [1.54, 1.807) is 19.1 Å². The number of benzene rings is 3. The Kier molecular flexibility index (Phi) is 8.48. The van der Waals surface area contributed by atoms with Gasteiger partial charge in [-0.2, -0.15) is 5.26 Å².